The van der Waals surface area contributed by atoms with E-state index in [2.05, 4.69) is 78.0 Å². The van der Waals surface area contributed by atoms with Gasteiger partial charge in [0.2, 0.25) is 6.03 Å². The summed E-state index contributed by atoms with van der Waals surface area (Å²) in [6.45, 7) is 6.35. The maximum absolute atomic E-state index is 12.6. The second-order valence-corrected chi connectivity index (χ2v) is 54.1. The van der Waals surface area contributed by atoms with Crippen molar-refractivity contribution in [3.8, 4) is 0 Å². The Morgan fingerprint density at radius 1 is 0.500 bits per heavy atom. The standard InChI is InChI=1S/C14H31O13P3.C9H22O9P2.3HI.V/c1-12(8-19-4)26-29(17,21-6)24-10-14(3)27-30(18,22-7)23-9-13(2)25-28(16,11-15)20-5;1-8(6-10)17-20(12,15-5)16-7-9(2)18-19(11,13-3)14-4;;;;/h11-14H,8-10H2,1-7H3;8-10H,6-7H2,1-5H3;3*1H;/q;;;;;+3/p-3. The molecule has 0 rings (SSSR count). The van der Waals surface area contributed by atoms with Gasteiger partial charge < -0.3 is 14.4 Å². The molecule has 0 amide bonds. The Morgan fingerprint density at radius 2 is 0.778 bits per heavy atom. The zero-order valence-corrected chi connectivity index (χ0v) is 44.2. The molecule has 0 aromatic rings. The molecule has 0 saturated carbocycles. The van der Waals surface area contributed by atoms with Gasteiger partial charge in [0.25, 0.3) is 0 Å². The van der Waals surface area contributed by atoms with E-state index < -0.39 is 76.0 Å². The summed E-state index contributed by atoms with van der Waals surface area (Å²) in [7, 11) is -11.2. The molecule has 0 spiro atoms. The van der Waals surface area contributed by atoms with Crippen molar-refractivity contribution >= 4 is 105 Å². The fraction of sp³-hybridized carbons (Fsp3) is 0.957. The van der Waals surface area contributed by atoms with Crippen LogP contribution in [-0.4, -0.2) is 124 Å². The van der Waals surface area contributed by atoms with E-state index >= 15 is 0 Å². The minimum atomic E-state index is -4.09. The van der Waals surface area contributed by atoms with Gasteiger partial charge in [0, 0.05) is 49.8 Å². The number of carbonyl (C=O) groups excluding carboxylic acids is 1. The first kappa shape index (κ1) is 61.3. The molecule has 22 nitrogen and oxygen atoms in total. The zero-order chi connectivity index (χ0) is 42.8. The molecule has 31 heteroatoms. The molecule has 0 aliphatic rings. The molecule has 328 valence electrons. The molecule has 54 heavy (non-hydrogen) atoms. The van der Waals surface area contributed by atoms with Crippen LogP contribution < -0.4 is 0 Å². The number of phosphoric acid groups is 4. The van der Waals surface area contributed by atoms with Crippen LogP contribution in [0.1, 0.15) is 34.6 Å². The molecular formula is C23H53I3O22P5V. The van der Waals surface area contributed by atoms with Gasteiger partial charge in [-0.3, -0.25) is 68.2 Å². The summed E-state index contributed by atoms with van der Waals surface area (Å²) in [5, 5.41) is 8.84. The van der Waals surface area contributed by atoms with Crippen LogP contribution in [0.25, 0.3) is 0 Å². The summed E-state index contributed by atoms with van der Waals surface area (Å²) in [6, 6.07) is 0.0407. The second-order valence-electron chi connectivity index (χ2n) is 9.83. The van der Waals surface area contributed by atoms with E-state index in [4.69, 9.17) is 55.1 Å². The molecule has 0 bridgehead atoms. The van der Waals surface area contributed by atoms with Gasteiger partial charge in [0.1, 0.15) is 0 Å². The Balaban J connectivity index is -0.000000932. The SMILES string of the molecule is COCC(C)OP(=O)(OC)OCC(C)OP(=O)(OC)OCC(C)OP(=O)(C=O)OC.COP(=O)(OC)OC(C)COP(=O)(OC)OC(C)CO.[I][V]([I])[I]. The van der Waals surface area contributed by atoms with Crippen molar-refractivity contribution in [1.82, 2.24) is 0 Å². The van der Waals surface area contributed by atoms with Crippen molar-refractivity contribution < 1.29 is 106 Å². The van der Waals surface area contributed by atoms with Crippen LogP contribution in [0, 0.1) is 0 Å². The zero-order valence-electron chi connectivity index (χ0n) is 31.8. The Labute approximate surface area is 355 Å². The predicted molar refractivity (Wildman–Crippen MR) is 218 cm³/mol. The Hall–Kier alpha value is 2.95. The van der Waals surface area contributed by atoms with Gasteiger partial charge in [-0.05, 0) is 34.6 Å². The summed E-state index contributed by atoms with van der Waals surface area (Å²) < 4.78 is 134. The summed E-state index contributed by atoms with van der Waals surface area (Å²) in [5.74, 6) is 0. The summed E-state index contributed by atoms with van der Waals surface area (Å²) in [6.07, 6.45) is -3.90. The summed E-state index contributed by atoms with van der Waals surface area (Å²) in [4.78, 5) is 10.5. The van der Waals surface area contributed by atoms with Gasteiger partial charge in [0.05, 0.1) is 63.6 Å². The molecule has 0 heterocycles. The van der Waals surface area contributed by atoms with Crippen LogP contribution in [0.2, 0.25) is 0 Å². The maximum atomic E-state index is 12.6. The van der Waals surface area contributed by atoms with Crippen molar-refractivity contribution in [3.05, 3.63) is 0 Å². The Kier molecular flexibility index (Phi) is 37.0. The third-order valence-corrected chi connectivity index (χ3v) is 12.7. The number of halogens is 3. The van der Waals surface area contributed by atoms with E-state index in [1.54, 1.807) is 6.92 Å². The van der Waals surface area contributed by atoms with Crippen molar-refractivity contribution in [2.24, 2.45) is 0 Å². The average Bonchev–Trinajstić information content (AvgIpc) is 3.12. The molecule has 0 aliphatic carbocycles. The van der Waals surface area contributed by atoms with E-state index in [-0.39, 0.29) is 37.4 Å². The van der Waals surface area contributed by atoms with Gasteiger partial charge in [-0.15, -0.1) is 0 Å². The number of aliphatic hydroxyl groups excluding tert-OH is 1. The number of hydrogen-bond donors (Lipinski definition) is 1. The summed E-state index contributed by atoms with van der Waals surface area (Å²) >= 11 is 7.39. The van der Waals surface area contributed by atoms with Crippen LogP contribution in [0.4, 0.5) is 0 Å². The van der Waals surface area contributed by atoms with Gasteiger partial charge in [-0.2, -0.15) is 0 Å². The van der Waals surface area contributed by atoms with E-state index in [9.17, 15) is 27.6 Å². The van der Waals surface area contributed by atoms with Gasteiger partial charge in [0.15, 0.2) is 0 Å². The summed E-state index contributed by atoms with van der Waals surface area (Å²) in [5.41, 5.74) is 0. The molecule has 0 aromatic heterocycles. The number of hydrogen-bond acceptors (Lipinski definition) is 22. The van der Waals surface area contributed by atoms with E-state index in [1.165, 1.54) is 49.0 Å². The molecule has 0 radical (unpaired) electrons. The van der Waals surface area contributed by atoms with Gasteiger partial charge in [-0.25, -0.2) is 18.3 Å². The quantitative estimate of drug-likeness (QED) is 0.0422. The molecule has 9 atom stereocenters. The normalized spacial score (nSPS) is 19.2. The number of aliphatic hydroxyl groups is 1. The van der Waals surface area contributed by atoms with Crippen LogP contribution in [0.5, 0.6) is 0 Å². The molecule has 1 N–H and O–H groups in total. The minimum absolute atomic E-state index is 0.0407. The topological polar surface area (TPSA) is 261 Å². The molecule has 9 unspecified atom stereocenters. The molecule has 0 aromatic carbocycles. The molecule has 0 fully saturated rings. The number of phosphoric ester groups is 4. The Morgan fingerprint density at radius 3 is 1.04 bits per heavy atom. The first-order valence-electron chi connectivity index (χ1n) is 14.9. The van der Waals surface area contributed by atoms with Crippen molar-refractivity contribution in [1.29, 1.82) is 0 Å². The third-order valence-electron chi connectivity index (χ3n) is 5.13. The molecular weight excluding hydrogens is 1210 g/mol. The average molecular weight is 1270 g/mol. The number of ether oxygens (including phenoxy) is 1. The van der Waals surface area contributed by atoms with Crippen LogP contribution in [-0.2, 0) is 101 Å². The number of rotatable bonds is 29. The van der Waals surface area contributed by atoms with E-state index in [0.717, 1.165) is 28.4 Å². The van der Waals surface area contributed by atoms with Gasteiger partial charge >= 0.3 is 104 Å². The first-order chi connectivity index (χ1) is 24.9. The number of methoxy groups -OCH3 is 1. The number of carbonyl (C=O) groups is 1. The monoisotopic (exact) mass is 1270 g/mol. The second kappa shape index (κ2) is 32.6. The predicted octanol–water partition coefficient (Wildman–Crippen LogP) is 8.04. The third kappa shape index (κ3) is 30.9. The fourth-order valence-electron chi connectivity index (χ4n) is 2.76. The van der Waals surface area contributed by atoms with Crippen LogP contribution >= 0.6 is 98.8 Å². The van der Waals surface area contributed by atoms with E-state index in [1.807, 2.05) is 0 Å². The molecule has 0 saturated heterocycles. The first-order valence-corrected chi connectivity index (χ1v) is 35.9. The van der Waals surface area contributed by atoms with Crippen LogP contribution in [0.3, 0.4) is 0 Å². The fourth-order valence-corrected chi connectivity index (χ4v) is 7.81. The molecule has 0 aliphatic heterocycles. The van der Waals surface area contributed by atoms with Crippen molar-refractivity contribution in [2.75, 3.05) is 82.8 Å². The van der Waals surface area contributed by atoms with Gasteiger partial charge in [-0.1, -0.05) is 0 Å². The Bertz CT molecular complexity index is 1230. The van der Waals surface area contributed by atoms with Crippen molar-refractivity contribution in [3.63, 3.8) is 0 Å². The van der Waals surface area contributed by atoms with Crippen LogP contribution in [0.15, 0.2) is 0 Å². The van der Waals surface area contributed by atoms with Crippen molar-refractivity contribution in [2.45, 2.75) is 65.1 Å². The van der Waals surface area contributed by atoms with E-state index in [0.29, 0.717) is 0 Å².